The van der Waals surface area contributed by atoms with Crippen molar-refractivity contribution < 1.29 is 19.4 Å². The first kappa shape index (κ1) is 17.0. The summed E-state index contributed by atoms with van der Waals surface area (Å²) in [5.74, 6) is -0.715. The molecular formula is C18H21N3O4. The fourth-order valence-corrected chi connectivity index (χ4v) is 2.97. The minimum Gasteiger partial charge on any atom is -0.478 e. The number of hydrogen-bond acceptors (Lipinski definition) is 4. The molecule has 1 amide bonds. The summed E-state index contributed by atoms with van der Waals surface area (Å²) in [5.41, 5.74) is 0.997. The second-order valence-corrected chi connectivity index (χ2v) is 6.42. The fourth-order valence-electron chi connectivity index (χ4n) is 2.97. The maximum Gasteiger partial charge on any atom is 0.348 e. The standard InChI is InChI=1S/C18H21N3O4/c1-12-9-15(20-10-12)16(22)21-7-5-18(6-8-21,17(23)24)25-14-4-3-13(2)19-11-14/h3-4,9-11,20H,5-8H2,1-2H3,(H,23,24). The number of hydrogen-bond donors (Lipinski definition) is 2. The lowest BCUT2D eigenvalue weighted by Gasteiger charge is -2.38. The van der Waals surface area contributed by atoms with Gasteiger partial charge in [0.2, 0.25) is 5.60 Å². The molecule has 2 N–H and O–H groups in total. The second-order valence-electron chi connectivity index (χ2n) is 6.42. The van der Waals surface area contributed by atoms with E-state index in [9.17, 15) is 14.7 Å². The minimum absolute atomic E-state index is 0.121. The summed E-state index contributed by atoms with van der Waals surface area (Å²) in [4.78, 5) is 33.1. The van der Waals surface area contributed by atoms with Crippen molar-refractivity contribution in [1.82, 2.24) is 14.9 Å². The molecule has 7 heteroatoms. The first-order valence-electron chi connectivity index (χ1n) is 8.19. The van der Waals surface area contributed by atoms with Crippen LogP contribution < -0.4 is 4.74 Å². The highest BCUT2D eigenvalue weighted by Gasteiger charge is 2.45. The summed E-state index contributed by atoms with van der Waals surface area (Å²) in [6.07, 6.45) is 3.74. The van der Waals surface area contributed by atoms with E-state index < -0.39 is 11.6 Å². The van der Waals surface area contributed by atoms with Crippen molar-refractivity contribution in [3.63, 3.8) is 0 Å². The number of aromatic amines is 1. The molecule has 0 saturated carbocycles. The van der Waals surface area contributed by atoms with E-state index in [1.807, 2.05) is 13.8 Å². The zero-order chi connectivity index (χ0) is 18.0. The number of likely N-dealkylation sites (tertiary alicyclic amines) is 1. The van der Waals surface area contributed by atoms with Gasteiger partial charge in [0.15, 0.2) is 0 Å². The molecule has 0 bridgehead atoms. The van der Waals surface area contributed by atoms with Gasteiger partial charge in [-0.2, -0.15) is 0 Å². The van der Waals surface area contributed by atoms with Gasteiger partial charge in [-0.1, -0.05) is 0 Å². The second kappa shape index (κ2) is 6.58. The number of rotatable bonds is 4. The quantitative estimate of drug-likeness (QED) is 0.887. The highest BCUT2D eigenvalue weighted by Crippen LogP contribution is 2.29. The molecule has 1 aliphatic rings. The molecule has 0 spiro atoms. The van der Waals surface area contributed by atoms with E-state index in [4.69, 9.17) is 4.74 Å². The van der Waals surface area contributed by atoms with Crippen molar-refractivity contribution in [2.75, 3.05) is 13.1 Å². The molecular weight excluding hydrogens is 322 g/mol. The van der Waals surface area contributed by atoms with Crippen LogP contribution in [0.25, 0.3) is 0 Å². The highest BCUT2D eigenvalue weighted by molar-refractivity contribution is 5.93. The molecule has 3 heterocycles. The fraction of sp³-hybridized carbons (Fsp3) is 0.389. The van der Waals surface area contributed by atoms with Crippen molar-refractivity contribution in [1.29, 1.82) is 0 Å². The maximum atomic E-state index is 12.5. The van der Waals surface area contributed by atoms with E-state index in [-0.39, 0.29) is 18.7 Å². The van der Waals surface area contributed by atoms with Gasteiger partial charge in [-0.15, -0.1) is 0 Å². The van der Waals surface area contributed by atoms with Gasteiger partial charge in [-0.3, -0.25) is 9.78 Å². The van der Waals surface area contributed by atoms with Crippen LogP contribution in [0.4, 0.5) is 0 Å². The normalized spacial score (nSPS) is 16.5. The van der Waals surface area contributed by atoms with Gasteiger partial charge < -0.3 is 19.7 Å². The van der Waals surface area contributed by atoms with E-state index in [0.717, 1.165) is 11.3 Å². The monoisotopic (exact) mass is 343 g/mol. The zero-order valence-electron chi connectivity index (χ0n) is 14.3. The Labute approximate surface area is 145 Å². The highest BCUT2D eigenvalue weighted by atomic mass is 16.5. The summed E-state index contributed by atoms with van der Waals surface area (Å²) in [6, 6.07) is 5.28. The molecule has 2 aromatic rings. The van der Waals surface area contributed by atoms with Crippen molar-refractivity contribution in [2.24, 2.45) is 0 Å². The number of carboxylic acid groups (broad SMARTS) is 1. The summed E-state index contributed by atoms with van der Waals surface area (Å²) in [5, 5.41) is 9.69. The van der Waals surface area contributed by atoms with Gasteiger partial charge in [-0.05, 0) is 37.6 Å². The Hall–Kier alpha value is -2.83. The van der Waals surface area contributed by atoms with Gasteiger partial charge >= 0.3 is 5.97 Å². The Balaban J connectivity index is 1.71. The number of ether oxygens (including phenoxy) is 1. The SMILES string of the molecule is Cc1c[nH]c(C(=O)N2CCC(Oc3ccc(C)nc3)(C(=O)O)CC2)c1. The van der Waals surface area contributed by atoms with E-state index in [2.05, 4.69) is 9.97 Å². The summed E-state index contributed by atoms with van der Waals surface area (Å²) >= 11 is 0. The first-order chi connectivity index (χ1) is 11.9. The molecule has 1 saturated heterocycles. The third-order valence-electron chi connectivity index (χ3n) is 4.50. The van der Waals surface area contributed by atoms with Gasteiger partial charge in [0.05, 0.1) is 6.20 Å². The summed E-state index contributed by atoms with van der Waals surface area (Å²) in [6.45, 7) is 4.40. The number of nitrogens with zero attached hydrogens (tertiary/aromatic N) is 2. The third kappa shape index (κ3) is 3.50. The Morgan fingerprint density at radius 2 is 2.00 bits per heavy atom. The van der Waals surface area contributed by atoms with Gasteiger partial charge in [-0.25, -0.2) is 4.79 Å². The number of aryl methyl sites for hydroxylation is 2. The lowest BCUT2D eigenvalue weighted by molar-refractivity contribution is -0.159. The van der Waals surface area contributed by atoms with Gasteiger partial charge in [0.25, 0.3) is 5.91 Å². The van der Waals surface area contributed by atoms with Crippen molar-refractivity contribution in [3.05, 3.63) is 47.5 Å². The number of aliphatic carboxylic acids is 1. The number of carbonyl (C=O) groups is 2. The van der Waals surface area contributed by atoms with E-state index in [0.29, 0.717) is 24.5 Å². The van der Waals surface area contributed by atoms with Crippen molar-refractivity contribution >= 4 is 11.9 Å². The average molecular weight is 343 g/mol. The summed E-state index contributed by atoms with van der Waals surface area (Å²) < 4.78 is 5.79. The van der Waals surface area contributed by atoms with Crippen molar-refractivity contribution in [2.45, 2.75) is 32.3 Å². The van der Waals surface area contributed by atoms with E-state index in [1.165, 1.54) is 6.20 Å². The number of piperidine rings is 1. The number of aromatic nitrogens is 2. The van der Waals surface area contributed by atoms with Crippen LogP contribution in [0.3, 0.4) is 0 Å². The molecule has 25 heavy (non-hydrogen) atoms. The smallest absolute Gasteiger partial charge is 0.348 e. The van der Waals surface area contributed by atoms with Crippen LogP contribution in [-0.4, -0.2) is 50.5 Å². The molecule has 0 unspecified atom stereocenters. The van der Waals surface area contributed by atoms with Crippen LogP contribution in [0.5, 0.6) is 5.75 Å². The molecule has 1 aliphatic heterocycles. The Bertz CT molecular complexity index is 774. The molecule has 7 nitrogen and oxygen atoms in total. The molecule has 0 radical (unpaired) electrons. The topological polar surface area (TPSA) is 95.5 Å². The zero-order valence-corrected chi connectivity index (χ0v) is 14.3. The largest absolute Gasteiger partial charge is 0.478 e. The molecule has 2 aromatic heterocycles. The number of H-pyrrole nitrogens is 1. The van der Waals surface area contributed by atoms with Crippen LogP contribution in [0.2, 0.25) is 0 Å². The first-order valence-corrected chi connectivity index (χ1v) is 8.19. The number of carbonyl (C=O) groups excluding carboxylic acids is 1. The third-order valence-corrected chi connectivity index (χ3v) is 4.50. The van der Waals surface area contributed by atoms with Crippen LogP contribution in [-0.2, 0) is 4.79 Å². The number of carboxylic acids is 1. The predicted octanol–water partition coefficient (Wildman–Crippen LogP) is 2.16. The number of nitrogens with one attached hydrogen (secondary N) is 1. The minimum atomic E-state index is -1.33. The predicted molar refractivity (Wildman–Crippen MR) is 90.6 cm³/mol. The van der Waals surface area contributed by atoms with Crippen LogP contribution in [0.15, 0.2) is 30.6 Å². The maximum absolute atomic E-state index is 12.5. The number of pyridine rings is 1. The molecule has 132 valence electrons. The Kier molecular flexibility index (Phi) is 4.48. The Morgan fingerprint density at radius 3 is 2.52 bits per heavy atom. The van der Waals surface area contributed by atoms with Crippen molar-refractivity contribution in [3.8, 4) is 5.75 Å². The average Bonchev–Trinajstić information content (AvgIpc) is 3.03. The summed E-state index contributed by atoms with van der Waals surface area (Å²) in [7, 11) is 0. The van der Waals surface area contributed by atoms with Gasteiger partial charge in [0, 0.05) is 37.8 Å². The lowest BCUT2D eigenvalue weighted by atomic mass is 9.91. The molecule has 0 atom stereocenters. The number of amides is 1. The molecule has 1 fully saturated rings. The lowest BCUT2D eigenvalue weighted by Crippen LogP contribution is -2.54. The van der Waals surface area contributed by atoms with E-state index >= 15 is 0 Å². The molecule has 0 aromatic carbocycles. The van der Waals surface area contributed by atoms with Crippen LogP contribution >= 0.6 is 0 Å². The van der Waals surface area contributed by atoms with Gasteiger partial charge in [0.1, 0.15) is 11.4 Å². The van der Waals surface area contributed by atoms with Crippen LogP contribution in [0.1, 0.15) is 34.6 Å². The Morgan fingerprint density at radius 1 is 1.28 bits per heavy atom. The van der Waals surface area contributed by atoms with E-state index in [1.54, 1.807) is 29.3 Å². The molecule has 3 rings (SSSR count). The molecule has 0 aliphatic carbocycles. The van der Waals surface area contributed by atoms with Crippen LogP contribution in [0, 0.1) is 13.8 Å².